The minimum atomic E-state index is -1.03. The number of nitrogens with zero attached hydrogens (tertiary/aromatic N) is 2. The molecule has 4 rings (SSSR count). The molecule has 1 atom stereocenters. The van der Waals surface area contributed by atoms with Crippen LogP contribution in [0.4, 0.5) is 4.39 Å². The first kappa shape index (κ1) is 29.1. The van der Waals surface area contributed by atoms with Crippen LogP contribution >= 0.6 is 23.2 Å². The second-order valence-electron chi connectivity index (χ2n) is 9.42. The quantitative estimate of drug-likeness (QED) is 0.458. The number of hydrogen-bond acceptors (Lipinski definition) is 3. The van der Waals surface area contributed by atoms with E-state index in [1.54, 1.807) is 18.2 Å². The van der Waals surface area contributed by atoms with Crippen molar-refractivity contribution in [3.05, 3.63) is 69.0 Å². The monoisotopic (exact) mass is 520 g/mol. The van der Waals surface area contributed by atoms with Gasteiger partial charge in [-0.1, -0.05) is 62.4 Å². The van der Waals surface area contributed by atoms with Crippen molar-refractivity contribution in [1.82, 2.24) is 4.90 Å². The molecule has 1 heterocycles. The molecule has 2 aliphatic rings. The predicted octanol–water partition coefficient (Wildman–Crippen LogP) is 7.11. The SMILES string of the molecule is CCc1cc(F)ccc1Cl.C[C@H]1CCN(C(=O)C2(O)CCCCC2)C1.Cc1ccc(C#N)c(Cl)c1. The first-order chi connectivity index (χ1) is 16.6. The van der Waals surface area contributed by atoms with Gasteiger partial charge in [0.25, 0.3) is 5.91 Å². The Hall–Kier alpha value is -2.13. The minimum Gasteiger partial charge on any atom is -0.380 e. The summed E-state index contributed by atoms with van der Waals surface area (Å²) in [7, 11) is 0. The van der Waals surface area contributed by atoms with Crippen LogP contribution in [-0.2, 0) is 11.2 Å². The lowest BCUT2D eigenvalue weighted by atomic mass is 9.84. The van der Waals surface area contributed by atoms with Crippen molar-refractivity contribution >= 4 is 29.1 Å². The van der Waals surface area contributed by atoms with E-state index in [0.29, 0.717) is 34.4 Å². The number of likely N-dealkylation sites (tertiary alicyclic amines) is 1. The Kier molecular flexibility index (Phi) is 11.5. The molecule has 190 valence electrons. The highest BCUT2D eigenvalue weighted by Crippen LogP contribution is 2.31. The summed E-state index contributed by atoms with van der Waals surface area (Å²) in [6, 6.07) is 11.8. The van der Waals surface area contributed by atoms with Crippen LogP contribution in [0.3, 0.4) is 0 Å². The summed E-state index contributed by atoms with van der Waals surface area (Å²) in [5.41, 5.74) is 1.44. The van der Waals surface area contributed by atoms with Gasteiger partial charge in [0.2, 0.25) is 0 Å². The number of carbonyl (C=O) groups is 1. The highest BCUT2D eigenvalue weighted by Gasteiger charge is 2.41. The third-order valence-electron chi connectivity index (χ3n) is 6.42. The van der Waals surface area contributed by atoms with E-state index < -0.39 is 5.60 Å². The van der Waals surface area contributed by atoms with Crippen LogP contribution in [0.25, 0.3) is 0 Å². The number of benzene rings is 2. The van der Waals surface area contributed by atoms with Crippen LogP contribution in [0, 0.1) is 30.0 Å². The first-order valence-electron chi connectivity index (χ1n) is 12.2. The van der Waals surface area contributed by atoms with Gasteiger partial charge in [-0.15, -0.1) is 0 Å². The molecular weight excluding hydrogens is 486 g/mol. The molecule has 2 aromatic rings. The molecule has 1 amide bonds. The van der Waals surface area contributed by atoms with Gasteiger partial charge in [0.05, 0.1) is 10.6 Å². The molecule has 4 nitrogen and oxygen atoms in total. The van der Waals surface area contributed by atoms with Crippen LogP contribution in [0.15, 0.2) is 36.4 Å². The van der Waals surface area contributed by atoms with Crippen molar-refractivity contribution in [2.45, 2.75) is 71.3 Å². The lowest BCUT2D eigenvalue weighted by Gasteiger charge is -2.34. The number of nitriles is 1. The topological polar surface area (TPSA) is 64.3 Å². The Morgan fingerprint density at radius 1 is 1.17 bits per heavy atom. The summed E-state index contributed by atoms with van der Waals surface area (Å²) in [5.74, 6) is 0.369. The molecule has 7 heteroatoms. The number of rotatable bonds is 2. The van der Waals surface area contributed by atoms with Crippen LogP contribution in [0.1, 0.15) is 69.1 Å². The Bertz CT molecular complexity index is 1020. The van der Waals surface area contributed by atoms with E-state index in [2.05, 4.69) is 6.92 Å². The number of aliphatic hydroxyl groups is 1. The fraction of sp³-hybridized carbons (Fsp3) is 0.500. The lowest BCUT2D eigenvalue weighted by molar-refractivity contribution is -0.153. The zero-order valence-corrected chi connectivity index (χ0v) is 22.3. The van der Waals surface area contributed by atoms with Gasteiger partial charge in [-0.05, 0) is 80.0 Å². The lowest BCUT2D eigenvalue weighted by Crippen LogP contribution is -2.49. The van der Waals surface area contributed by atoms with Gasteiger partial charge in [-0.25, -0.2) is 4.39 Å². The fourth-order valence-corrected chi connectivity index (χ4v) is 4.82. The Labute approximate surface area is 218 Å². The predicted molar refractivity (Wildman–Crippen MR) is 140 cm³/mol. The number of hydrogen-bond donors (Lipinski definition) is 1. The van der Waals surface area contributed by atoms with Crippen molar-refractivity contribution in [3.63, 3.8) is 0 Å². The molecule has 1 saturated heterocycles. The standard InChI is InChI=1S/C12H21NO2.C8H8ClF.C8H6ClN/c1-10-5-8-13(9-10)11(14)12(15)6-3-2-4-7-12;1-2-6-5-7(10)3-4-8(6)9;1-6-2-3-7(5-10)8(9)4-6/h10,15H,2-9H2,1H3;3-5H,2H2,1H3;2-4H,1H3/t10-;;/m0../s1. The molecule has 1 aliphatic heterocycles. The fourth-order valence-electron chi connectivity index (χ4n) is 4.29. The van der Waals surface area contributed by atoms with E-state index in [1.165, 1.54) is 12.1 Å². The smallest absolute Gasteiger partial charge is 0.254 e. The van der Waals surface area contributed by atoms with Crippen LogP contribution < -0.4 is 0 Å². The summed E-state index contributed by atoms with van der Waals surface area (Å²) >= 11 is 11.4. The second kappa shape index (κ2) is 13.8. The van der Waals surface area contributed by atoms with E-state index in [4.69, 9.17) is 28.5 Å². The van der Waals surface area contributed by atoms with Gasteiger partial charge in [-0.2, -0.15) is 5.26 Å². The van der Waals surface area contributed by atoms with E-state index >= 15 is 0 Å². The number of aryl methyl sites for hydroxylation is 2. The molecule has 0 unspecified atom stereocenters. The Morgan fingerprint density at radius 3 is 2.37 bits per heavy atom. The molecular formula is C28H35Cl2FN2O2. The summed E-state index contributed by atoms with van der Waals surface area (Å²) in [5, 5.41) is 19.9. The summed E-state index contributed by atoms with van der Waals surface area (Å²) in [6.45, 7) is 7.72. The van der Waals surface area contributed by atoms with Crippen molar-refractivity contribution in [2.24, 2.45) is 5.92 Å². The molecule has 0 bridgehead atoms. The maximum absolute atomic E-state index is 12.5. The van der Waals surface area contributed by atoms with Gasteiger partial charge in [0, 0.05) is 18.1 Å². The highest BCUT2D eigenvalue weighted by atomic mass is 35.5. The van der Waals surface area contributed by atoms with Crippen molar-refractivity contribution in [2.75, 3.05) is 13.1 Å². The molecule has 1 N–H and O–H groups in total. The van der Waals surface area contributed by atoms with E-state index in [1.807, 2.05) is 30.9 Å². The summed E-state index contributed by atoms with van der Waals surface area (Å²) in [6.07, 6.45) is 6.33. The molecule has 2 fully saturated rings. The summed E-state index contributed by atoms with van der Waals surface area (Å²) < 4.78 is 12.5. The molecule has 1 saturated carbocycles. The average molecular weight is 522 g/mol. The van der Waals surface area contributed by atoms with Gasteiger partial charge in [-0.3, -0.25) is 4.79 Å². The van der Waals surface area contributed by atoms with Crippen molar-refractivity contribution < 1.29 is 14.3 Å². The van der Waals surface area contributed by atoms with Gasteiger partial charge in [0.15, 0.2) is 0 Å². The Morgan fingerprint density at radius 2 is 1.86 bits per heavy atom. The zero-order valence-electron chi connectivity index (χ0n) is 20.8. The third kappa shape index (κ3) is 8.79. The van der Waals surface area contributed by atoms with Gasteiger partial charge < -0.3 is 10.0 Å². The summed E-state index contributed by atoms with van der Waals surface area (Å²) in [4.78, 5) is 14.0. The molecule has 35 heavy (non-hydrogen) atoms. The molecule has 0 aromatic heterocycles. The van der Waals surface area contributed by atoms with E-state index in [-0.39, 0.29) is 11.7 Å². The number of carbonyl (C=O) groups excluding carboxylic acids is 1. The molecule has 1 aliphatic carbocycles. The minimum absolute atomic E-state index is 0.00782. The van der Waals surface area contributed by atoms with Gasteiger partial charge in [0.1, 0.15) is 17.5 Å². The largest absolute Gasteiger partial charge is 0.380 e. The molecule has 0 spiro atoms. The van der Waals surface area contributed by atoms with E-state index in [0.717, 1.165) is 56.3 Å². The maximum atomic E-state index is 12.5. The average Bonchev–Trinajstić information content (AvgIpc) is 3.27. The van der Waals surface area contributed by atoms with Crippen molar-refractivity contribution in [3.8, 4) is 6.07 Å². The third-order valence-corrected chi connectivity index (χ3v) is 7.11. The maximum Gasteiger partial charge on any atom is 0.254 e. The molecule has 0 radical (unpaired) electrons. The molecule has 2 aromatic carbocycles. The number of amides is 1. The van der Waals surface area contributed by atoms with Crippen molar-refractivity contribution in [1.29, 1.82) is 5.26 Å². The van der Waals surface area contributed by atoms with Gasteiger partial charge >= 0.3 is 0 Å². The highest BCUT2D eigenvalue weighted by molar-refractivity contribution is 6.31. The van der Waals surface area contributed by atoms with E-state index in [9.17, 15) is 14.3 Å². The Balaban J connectivity index is 0.000000192. The van der Waals surface area contributed by atoms with Crippen LogP contribution in [0.2, 0.25) is 10.0 Å². The normalized spacial score (nSPS) is 18.5. The van der Waals surface area contributed by atoms with Crippen LogP contribution in [0.5, 0.6) is 0 Å². The zero-order chi connectivity index (χ0) is 26.0. The first-order valence-corrected chi connectivity index (χ1v) is 13.0. The second-order valence-corrected chi connectivity index (χ2v) is 10.2. The number of halogens is 3. The van der Waals surface area contributed by atoms with Crippen LogP contribution in [-0.4, -0.2) is 34.6 Å².